The molecule has 1 atom stereocenters. The highest BCUT2D eigenvalue weighted by molar-refractivity contribution is 5.94. The van der Waals surface area contributed by atoms with E-state index in [-0.39, 0.29) is 18.1 Å². The number of rotatable bonds is 6. The van der Waals surface area contributed by atoms with Crippen molar-refractivity contribution in [3.8, 4) is 0 Å². The van der Waals surface area contributed by atoms with Crippen LogP contribution in [0.2, 0.25) is 0 Å². The van der Waals surface area contributed by atoms with E-state index in [0.717, 1.165) is 63.8 Å². The first-order chi connectivity index (χ1) is 12.0. The number of hydrogen-bond donors (Lipinski definition) is 1. The Morgan fingerprint density at radius 2 is 1.80 bits per heavy atom. The number of benzene rings is 1. The summed E-state index contributed by atoms with van der Waals surface area (Å²) in [6.45, 7) is 8.37. The van der Waals surface area contributed by atoms with Crippen molar-refractivity contribution in [2.24, 2.45) is 5.92 Å². The van der Waals surface area contributed by atoms with Crippen LogP contribution in [0.1, 0.15) is 61.9 Å². The number of aliphatic hydroxyl groups is 1. The lowest BCUT2D eigenvalue weighted by molar-refractivity contribution is 0.0409. The molecule has 3 rings (SSSR count). The number of aliphatic hydroxyl groups excluding tert-OH is 1. The maximum absolute atomic E-state index is 12.5. The van der Waals surface area contributed by atoms with Gasteiger partial charge in [-0.15, -0.1) is 0 Å². The van der Waals surface area contributed by atoms with Gasteiger partial charge in [0.05, 0.1) is 6.61 Å². The van der Waals surface area contributed by atoms with Gasteiger partial charge in [-0.3, -0.25) is 9.69 Å². The molecule has 1 N–H and O–H groups in total. The van der Waals surface area contributed by atoms with Gasteiger partial charge in [0.1, 0.15) is 0 Å². The molecule has 0 bridgehead atoms. The summed E-state index contributed by atoms with van der Waals surface area (Å²) >= 11 is 0. The molecule has 1 amide bonds. The molecule has 0 saturated carbocycles. The van der Waals surface area contributed by atoms with Gasteiger partial charge in [-0.1, -0.05) is 26.0 Å². The summed E-state index contributed by atoms with van der Waals surface area (Å²) in [5.74, 6) is 0.739. The third-order valence-electron chi connectivity index (χ3n) is 5.79. The van der Waals surface area contributed by atoms with Gasteiger partial charge in [0.15, 0.2) is 0 Å². The highest BCUT2D eigenvalue weighted by atomic mass is 16.3. The topological polar surface area (TPSA) is 43.8 Å². The highest BCUT2D eigenvalue weighted by Gasteiger charge is 2.40. The number of carbonyl (C=O) groups is 1. The molecule has 0 aliphatic carbocycles. The van der Waals surface area contributed by atoms with Gasteiger partial charge >= 0.3 is 0 Å². The molecule has 2 saturated heterocycles. The molecule has 4 nitrogen and oxygen atoms in total. The molecule has 1 aromatic carbocycles. The third kappa shape index (κ3) is 4.06. The molecular weight excluding hydrogens is 312 g/mol. The van der Waals surface area contributed by atoms with Gasteiger partial charge in [-0.2, -0.15) is 0 Å². The van der Waals surface area contributed by atoms with Gasteiger partial charge < -0.3 is 10.0 Å². The Labute approximate surface area is 151 Å². The largest absolute Gasteiger partial charge is 0.394 e. The molecule has 4 heteroatoms. The molecule has 25 heavy (non-hydrogen) atoms. The molecule has 1 aromatic rings. The third-order valence-corrected chi connectivity index (χ3v) is 5.79. The summed E-state index contributed by atoms with van der Waals surface area (Å²) in [6, 6.07) is 8.10. The van der Waals surface area contributed by atoms with Crippen molar-refractivity contribution in [1.82, 2.24) is 9.80 Å². The zero-order valence-electron chi connectivity index (χ0n) is 15.7. The molecule has 0 aromatic heterocycles. The lowest BCUT2D eigenvalue weighted by Gasteiger charge is -2.38. The van der Waals surface area contributed by atoms with Crippen LogP contribution in [0.3, 0.4) is 0 Å². The van der Waals surface area contributed by atoms with E-state index in [1.807, 2.05) is 17.0 Å². The minimum absolute atomic E-state index is 0.0712. The quantitative estimate of drug-likeness (QED) is 0.861. The minimum atomic E-state index is -0.0712. The van der Waals surface area contributed by atoms with E-state index in [1.165, 1.54) is 5.56 Å². The number of nitrogens with zero attached hydrogens (tertiary/aromatic N) is 2. The van der Waals surface area contributed by atoms with Crippen LogP contribution in [0.15, 0.2) is 24.3 Å². The van der Waals surface area contributed by atoms with Crippen molar-refractivity contribution < 1.29 is 9.90 Å². The van der Waals surface area contributed by atoms with E-state index in [9.17, 15) is 9.90 Å². The average Bonchev–Trinajstić information content (AvgIpc) is 3.25. The van der Waals surface area contributed by atoms with Gasteiger partial charge in [0.2, 0.25) is 0 Å². The van der Waals surface area contributed by atoms with E-state index in [2.05, 4.69) is 30.9 Å². The first kappa shape index (κ1) is 18.4. The van der Waals surface area contributed by atoms with E-state index in [4.69, 9.17) is 0 Å². The number of amides is 1. The number of carbonyl (C=O) groups excluding carboxylic acids is 1. The predicted molar refractivity (Wildman–Crippen MR) is 100 cm³/mol. The van der Waals surface area contributed by atoms with Gasteiger partial charge in [0.25, 0.3) is 5.91 Å². The van der Waals surface area contributed by atoms with Crippen LogP contribution in [0.5, 0.6) is 0 Å². The molecule has 0 radical (unpaired) electrons. The summed E-state index contributed by atoms with van der Waals surface area (Å²) in [6.07, 6.45) is 5.51. The molecule has 0 spiro atoms. The van der Waals surface area contributed by atoms with Crippen molar-refractivity contribution in [3.63, 3.8) is 0 Å². The van der Waals surface area contributed by atoms with Crippen LogP contribution in [0.4, 0.5) is 0 Å². The monoisotopic (exact) mass is 344 g/mol. The van der Waals surface area contributed by atoms with Gasteiger partial charge in [0, 0.05) is 30.7 Å². The second-order valence-corrected chi connectivity index (χ2v) is 8.20. The highest BCUT2D eigenvalue weighted by Crippen LogP contribution is 2.35. The smallest absolute Gasteiger partial charge is 0.253 e. The standard InChI is InChI=1S/C21H32N2O2/c1-17(2)14-21(16-24)10-5-13-23(21)15-18-6-8-19(9-7-18)20(25)22-11-3-4-12-22/h6-9,17,24H,3-5,10-16H2,1-2H3/t21-/m0/s1. The predicted octanol–water partition coefficient (Wildman–Crippen LogP) is 3.30. The van der Waals surface area contributed by atoms with Crippen molar-refractivity contribution in [1.29, 1.82) is 0 Å². The fourth-order valence-electron chi connectivity index (χ4n) is 4.55. The average molecular weight is 344 g/mol. The Balaban J connectivity index is 1.67. The summed E-state index contributed by atoms with van der Waals surface area (Å²) in [7, 11) is 0. The Hall–Kier alpha value is -1.39. The summed E-state index contributed by atoms with van der Waals surface area (Å²) in [4.78, 5) is 16.9. The molecule has 2 aliphatic rings. The Morgan fingerprint density at radius 1 is 1.12 bits per heavy atom. The van der Waals surface area contributed by atoms with Crippen molar-refractivity contribution in [3.05, 3.63) is 35.4 Å². The van der Waals surface area contributed by atoms with Crippen LogP contribution in [-0.2, 0) is 6.54 Å². The summed E-state index contributed by atoms with van der Waals surface area (Å²) in [5, 5.41) is 10.1. The fourth-order valence-corrected chi connectivity index (χ4v) is 4.55. The van der Waals surface area contributed by atoms with E-state index in [1.54, 1.807) is 0 Å². The van der Waals surface area contributed by atoms with Crippen molar-refractivity contribution in [2.45, 2.75) is 58.0 Å². The van der Waals surface area contributed by atoms with Gasteiger partial charge in [-0.25, -0.2) is 0 Å². The Kier molecular flexibility index (Phi) is 5.80. The Morgan fingerprint density at radius 3 is 2.40 bits per heavy atom. The first-order valence-corrected chi connectivity index (χ1v) is 9.78. The van der Waals surface area contributed by atoms with E-state index in [0.29, 0.717) is 5.92 Å². The van der Waals surface area contributed by atoms with Crippen LogP contribution in [0.25, 0.3) is 0 Å². The molecule has 0 unspecified atom stereocenters. The first-order valence-electron chi connectivity index (χ1n) is 9.78. The fraction of sp³-hybridized carbons (Fsp3) is 0.667. The molecular formula is C21H32N2O2. The van der Waals surface area contributed by atoms with E-state index < -0.39 is 0 Å². The summed E-state index contributed by atoms with van der Waals surface area (Å²) in [5.41, 5.74) is 1.95. The molecule has 138 valence electrons. The SMILES string of the molecule is CC(C)C[C@]1(CO)CCCN1Cc1ccc(C(=O)N2CCCC2)cc1. The van der Waals surface area contributed by atoms with Gasteiger partial charge in [-0.05, 0) is 62.3 Å². The van der Waals surface area contributed by atoms with Crippen LogP contribution < -0.4 is 0 Å². The molecule has 2 aliphatic heterocycles. The number of hydrogen-bond acceptors (Lipinski definition) is 3. The lowest BCUT2D eigenvalue weighted by atomic mass is 9.87. The van der Waals surface area contributed by atoms with E-state index >= 15 is 0 Å². The second kappa shape index (κ2) is 7.88. The Bertz CT molecular complexity index is 578. The second-order valence-electron chi connectivity index (χ2n) is 8.20. The van der Waals surface area contributed by atoms with Crippen molar-refractivity contribution >= 4 is 5.91 Å². The minimum Gasteiger partial charge on any atom is -0.394 e. The zero-order chi connectivity index (χ0) is 17.9. The lowest BCUT2D eigenvalue weighted by Crippen LogP contribution is -2.47. The molecule has 2 fully saturated rings. The summed E-state index contributed by atoms with van der Waals surface area (Å²) < 4.78 is 0. The molecule has 2 heterocycles. The maximum atomic E-state index is 12.5. The van der Waals surface area contributed by atoms with Crippen LogP contribution >= 0.6 is 0 Å². The van der Waals surface area contributed by atoms with Crippen molar-refractivity contribution in [2.75, 3.05) is 26.2 Å². The van der Waals surface area contributed by atoms with Crippen LogP contribution in [-0.4, -0.2) is 52.6 Å². The normalized spacial score (nSPS) is 24.4. The number of likely N-dealkylation sites (tertiary alicyclic amines) is 2. The van der Waals surface area contributed by atoms with Crippen LogP contribution in [0, 0.1) is 5.92 Å². The maximum Gasteiger partial charge on any atom is 0.253 e. The zero-order valence-corrected chi connectivity index (χ0v) is 15.7.